The molecule has 4 aliphatic carbocycles. The summed E-state index contributed by atoms with van der Waals surface area (Å²) in [5.41, 5.74) is 6.52. The van der Waals surface area contributed by atoms with Gasteiger partial charge in [-0.1, -0.05) is 13.8 Å². The fraction of sp³-hybridized carbons (Fsp3) is 0.941. The maximum atomic E-state index is 12.4. The van der Waals surface area contributed by atoms with Gasteiger partial charge in [-0.2, -0.15) is 0 Å². The summed E-state index contributed by atoms with van der Waals surface area (Å²) in [5, 5.41) is 3.40. The Balaban J connectivity index is 1.71. The summed E-state index contributed by atoms with van der Waals surface area (Å²) in [5.74, 6) is 0.908. The van der Waals surface area contributed by atoms with Crippen molar-refractivity contribution >= 4 is 5.91 Å². The van der Waals surface area contributed by atoms with Crippen LogP contribution < -0.4 is 11.1 Å². The molecule has 0 aromatic heterocycles. The van der Waals surface area contributed by atoms with Crippen molar-refractivity contribution in [1.82, 2.24) is 5.32 Å². The van der Waals surface area contributed by atoms with E-state index in [-0.39, 0.29) is 17.6 Å². The van der Waals surface area contributed by atoms with Crippen LogP contribution in [0.5, 0.6) is 0 Å². The molecule has 4 aliphatic rings. The Morgan fingerprint density at radius 3 is 2.33 bits per heavy atom. The summed E-state index contributed by atoms with van der Waals surface area (Å²) < 4.78 is 5.24. The number of amides is 1. The van der Waals surface area contributed by atoms with Crippen LogP contribution in [0.15, 0.2) is 0 Å². The molecule has 0 aromatic carbocycles. The number of nitrogens with two attached hydrogens (primary N) is 1. The fourth-order valence-corrected chi connectivity index (χ4v) is 6.40. The fourth-order valence-electron chi connectivity index (χ4n) is 6.40. The van der Waals surface area contributed by atoms with Crippen LogP contribution >= 0.6 is 0 Å². The van der Waals surface area contributed by atoms with Crippen LogP contribution in [0.25, 0.3) is 0 Å². The molecule has 4 saturated carbocycles. The Morgan fingerprint density at radius 1 is 1.24 bits per heavy atom. The van der Waals surface area contributed by atoms with Gasteiger partial charge in [-0.25, -0.2) is 0 Å². The number of methoxy groups -OCH3 is 1. The standard InChI is InChI=1S/C17H30N2O2/c1-15-5-12-6-16(2,9-15)11-17(7-12,10-15)19-14(20)4-13(8-18)21-3/h12-13H,4-11,18H2,1-3H3,(H,19,20). The molecule has 4 fully saturated rings. The molecule has 0 aromatic rings. The van der Waals surface area contributed by atoms with Crippen molar-refractivity contribution in [1.29, 1.82) is 0 Å². The Bertz CT molecular complexity index is 415. The van der Waals surface area contributed by atoms with Gasteiger partial charge < -0.3 is 15.8 Å². The van der Waals surface area contributed by atoms with Gasteiger partial charge in [0.1, 0.15) is 0 Å². The van der Waals surface area contributed by atoms with Crippen LogP contribution in [-0.4, -0.2) is 31.2 Å². The van der Waals surface area contributed by atoms with Crippen LogP contribution in [0, 0.1) is 16.7 Å². The molecule has 4 heteroatoms. The third-order valence-corrected chi connectivity index (χ3v) is 6.04. The van der Waals surface area contributed by atoms with Gasteiger partial charge in [-0.15, -0.1) is 0 Å². The molecule has 3 unspecified atom stereocenters. The topological polar surface area (TPSA) is 64.3 Å². The summed E-state index contributed by atoms with van der Waals surface area (Å²) in [6, 6.07) is 0. The lowest BCUT2D eigenvalue weighted by atomic mass is 9.43. The number of ether oxygens (including phenoxy) is 1. The van der Waals surface area contributed by atoms with Gasteiger partial charge in [-0.3, -0.25) is 4.79 Å². The van der Waals surface area contributed by atoms with E-state index in [1.54, 1.807) is 7.11 Å². The number of hydrogen-bond donors (Lipinski definition) is 2. The monoisotopic (exact) mass is 294 g/mol. The average molecular weight is 294 g/mol. The molecule has 4 bridgehead atoms. The van der Waals surface area contributed by atoms with Gasteiger partial charge in [0.2, 0.25) is 5.91 Å². The van der Waals surface area contributed by atoms with Crippen molar-refractivity contribution < 1.29 is 9.53 Å². The number of nitrogens with one attached hydrogen (secondary N) is 1. The molecular weight excluding hydrogens is 264 g/mol. The van der Waals surface area contributed by atoms with Gasteiger partial charge in [0.15, 0.2) is 0 Å². The molecule has 0 radical (unpaired) electrons. The maximum Gasteiger partial charge on any atom is 0.223 e. The molecule has 0 heterocycles. The number of carbonyl (C=O) groups is 1. The van der Waals surface area contributed by atoms with Crippen LogP contribution in [0.1, 0.15) is 58.8 Å². The van der Waals surface area contributed by atoms with E-state index in [2.05, 4.69) is 19.2 Å². The molecule has 4 rings (SSSR count). The van der Waals surface area contributed by atoms with Crippen molar-refractivity contribution in [3.63, 3.8) is 0 Å². The molecule has 1 amide bonds. The van der Waals surface area contributed by atoms with E-state index >= 15 is 0 Å². The molecule has 3 atom stereocenters. The second-order valence-corrected chi connectivity index (χ2v) is 8.76. The zero-order chi connectivity index (χ0) is 15.3. The van der Waals surface area contributed by atoms with Crippen LogP contribution in [0.2, 0.25) is 0 Å². The Hall–Kier alpha value is -0.610. The SMILES string of the molecule is COC(CN)CC(=O)NC12CC3CC(C)(CC(C)(C3)C1)C2. The second-order valence-electron chi connectivity index (χ2n) is 8.76. The number of hydrogen-bond acceptors (Lipinski definition) is 3. The lowest BCUT2D eigenvalue weighted by molar-refractivity contribution is -0.141. The van der Waals surface area contributed by atoms with Crippen molar-refractivity contribution in [3.8, 4) is 0 Å². The predicted molar refractivity (Wildman–Crippen MR) is 82.7 cm³/mol. The van der Waals surface area contributed by atoms with E-state index in [1.807, 2.05) is 0 Å². The minimum Gasteiger partial charge on any atom is -0.380 e. The first-order valence-corrected chi connectivity index (χ1v) is 8.33. The normalized spacial score (nSPS) is 45.6. The predicted octanol–water partition coefficient (Wildman–Crippen LogP) is 2.22. The molecule has 0 saturated heterocycles. The summed E-state index contributed by atoms with van der Waals surface area (Å²) in [6.07, 6.45) is 7.73. The van der Waals surface area contributed by atoms with Gasteiger partial charge >= 0.3 is 0 Å². The number of carbonyl (C=O) groups excluding carboxylic acids is 1. The van der Waals surface area contributed by atoms with Crippen molar-refractivity contribution in [2.75, 3.05) is 13.7 Å². The quantitative estimate of drug-likeness (QED) is 0.817. The van der Waals surface area contributed by atoms with Crippen molar-refractivity contribution in [2.45, 2.75) is 70.4 Å². The summed E-state index contributed by atoms with van der Waals surface area (Å²) >= 11 is 0. The summed E-state index contributed by atoms with van der Waals surface area (Å²) in [7, 11) is 1.62. The Morgan fingerprint density at radius 2 is 1.86 bits per heavy atom. The van der Waals surface area contributed by atoms with Crippen LogP contribution in [-0.2, 0) is 9.53 Å². The summed E-state index contributed by atoms with van der Waals surface area (Å²) in [6.45, 7) is 5.25. The van der Waals surface area contributed by atoms with Gasteiger partial charge in [-0.05, 0) is 55.3 Å². The highest BCUT2D eigenvalue weighted by atomic mass is 16.5. The van der Waals surface area contributed by atoms with E-state index in [0.29, 0.717) is 23.8 Å². The lowest BCUT2D eigenvalue weighted by Crippen LogP contribution is -2.65. The van der Waals surface area contributed by atoms with E-state index in [9.17, 15) is 4.79 Å². The second kappa shape index (κ2) is 4.95. The van der Waals surface area contributed by atoms with Crippen molar-refractivity contribution in [3.05, 3.63) is 0 Å². The lowest BCUT2D eigenvalue weighted by Gasteiger charge is -2.65. The largest absolute Gasteiger partial charge is 0.380 e. The zero-order valence-corrected chi connectivity index (χ0v) is 13.7. The van der Waals surface area contributed by atoms with Crippen LogP contribution in [0.4, 0.5) is 0 Å². The Kier molecular flexibility index (Phi) is 3.61. The smallest absolute Gasteiger partial charge is 0.223 e. The molecule has 21 heavy (non-hydrogen) atoms. The molecule has 3 N–H and O–H groups in total. The highest BCUT2D eigenvalue weighted by Gasteiger charge is 2.60. The molecule has 120 valence electrons. The van der Waals surface area contributed by atoms with Gasteiger partial charge in [0.05, 0.1) is 12.5 Å². The minimum absolute atomic E-state index is 0.0346. The highest BCUT2D eigenvalue weighted by Crippen LogP contribution is 2.66. The molecular formula is C17H30N2O2. The van der Waals surface area contributed by atoms with Gasteiger partial charge in [0.25, 0.3) is 0 Å². The first kappa shape index (κ1) is 15.3. The van der Waals surface area contributed by atoms with Gasteiger partial charge in [0, 0.05) is 19.2 Å². The maximum absolute atomic E-state index is 12.4. The molecule has 0 aliphatic heterocycles. The summed E-state index contributed by atoms with van der Waals surface area (Å²) in [4.78, 5) is 12.4. The van der Waals surface area contributed by atoms with Crippen LogP contribution in [0.3, 0.4) is 0 Å². The third-order valence-electron chi connectivity index (χ3n) is 6.04. The van der Waals surface area contributed by atoms with E-state index in [1.165, 1.54) is 25.7 Å². The average Bonchev–Trinajstić information content (AvgIpc) is 2.30. The molecule has 4 nitrogen and oxygen atoms in total. The zero-order valence-electron chi connectivity index (χ0n) is 13.7. The minimum atomic E-state index is -0.162. The molecule has 0 spiro atoms. The highest BCUT2D eigenvalue weighted by molar-refractivity contribution is 5.77. The first-order valence-electron chi connectivity index (χ1n) is 8.33. The van der Waals surface area contributed by atoms with Crippen molar-refractivity contribution in [2.24, 2.45) is 22.5 Å². The van der Waals surface area contributed by atoms with E-state index < -0.39 is 0 Å². The van der Waals surface area contributed by atoms with E-state index in [0.717, 1.165) is 18.8 Å². The Labute approximate surface area is 128 Å². The van der Waals surface area contributed by atoms with E-state index in [4.69, 9.17) is 10.5 Å². The first-order chi connectivity index (χ1) is 9.79. The third kappa shape index (κ3) is 2.85. The number of rotatable bonds is 5.